The van der Waals surface area contributed by atoms with Crippen LogP contribution >= 0.6 is 34.4 Å². The molecule has 2 heterocycles. The molecular formula is C8H8N2S3. The van der Waals surface area contributed by atoms with Gasteiger partial charge in [-0.3, -0.25) is 0 Å². The molecule has 2 rings (SSSR count). The summed E-state index contributed by atoms with van der Waals surface area (Å²) in [6.07, 6.45) is 1.85. The number of rotatable bonds is 3. The van der Waals surface area contributed by atoms with Crippen molar-refractivity contribution in [3.63, 3.8) is 0 Å². The molecule has 5 heteroatoms. The smallest absolute Gasteiger partial charge is 0.180 e. The maximum Gasteiger partial charge on any atom is 0.180 e. The zero-order chi connectivity index (χ0) is 9.10. The van der Waals surface area contributed by atoms with Crippen molar-refractivity contribution in [3.05, 3.63) is 28.6 Å². The first kappa shape index (κ1) is 9.05. The zero-order valence-electron chi connectivity index (χ0n) is 6.77. The van der Waals surface area contributed by atoms with Crippen LogP contribution in [0.15, 0.2) is 27.9 Å². The summed E-state index contributed by atoms with van der Waals surface area (Å²) in [4.78, 5) is 5.24. The molecule has 0 spiro atoms. The third-order valence-electron chi connectivity index (χ3n) is 1.42. The lowest BCUT2D eigenvalue weighted by Gasteiger charge is -1.92. The Balaban J connectivity index is 1.93. The number of thioether (sulfide) groups is 1. The fourth-order valence-corrected chi connectivity index (χ4v) is 3.37. The molecule has 0 fully saturated rings. The first-order valence-corrected chi connectivity index (χ1v) is 6.39. The van der Waals surface area contributed by atoms with Gasteiger partial charge in [0.2, 0.25) is 0 Å². The van der Waals surface area contributed by atoms with Crippen molar-refractivity contribution in [3.8, 4) is 0 Å². The maximum absolute atomic E-state index is 5.53. The second kappa shape index (κ2) is 4.13. The fraction of sp³-hybridized carbons (Fsp3) is 0.125. The molecule has 0 aliphatic heterocycles. The number of nitrogen functional groups attached to an aromatic ring is 1. The van der Waals surface area contributed by atoms with E-state index in [0.717, 1.165) is 5.75 Å². The van der Waals surface area contributed by atoms with Gasteiger partial charge in [0.05, 0.1) is 4.21 Å². The largest absolute Gasteiger partial charge is 0.375 e. The maximum atomic E-state index is 5.53. The van der Waals surface area contributed by atoms with E-state index in [4.69, 9.17) is 5.73 Å². The van der Waals surface area contributed by atoms with Gasteiger partial charge in [0.15, 0.2) is 5.13 Å². The number of hydrogen-bond acceptors (Lipinski definition) is 5. The Morgan fingerprint density at radius 1 is 1.54 bits per heavy atom. The van der Waals surface area contributed by atoms with E-state index in [2.05, 4.69) is 22.5 Å². The Bertz CT molecular complexity index is 366. The van der Waals surface area contributed by atoms with Crippen LogP contribution in [0.25, 0.3) is 0 Å². The van der Waals surface area contributed by atoms with Gasteiger partial charge >= 0.3 is 0 Å². The van der Waals surface area contributed by atoms with Crippen molar-refractivity contribution < 1.29 is 0 Å². The monoisotopic (exact) mass is 228 g/mol. The van der Waals surface area contributed by atoms with Crippen LogP contribution in [-0.4, -0.2) is 4.98 Å². The molecule has 2 aromatic heterocycles. The summed E-state index contributed by atoms with van der Waals surface area (Å²) < 4.78 is 1.34. The normalized spacial score (nSPS) is 10.5. The molecule has 0 aliphatic rings. The summed E-state index contributed by atoms with van der Waals surface area (Å²) in [5.74, 6) is 0.968. The highest BCUT2D eigenvalue weighted by molar-refractivity contribution is 8.00. The Morgan fingerprint density at radius 2 is 2.46 bits per heavy atom. The average Bonchev–Trinajstić information content (AvgIpc) is 2.71. The second-order valence-electron chi connectivity index (χ2n) is 2.39. The number of thiazole rings is 1. The molecule has 68 valence electrons. The molecule has 2 aromatic rings. The van der Waals surface area contributed by atoms with Gasteiger partial charge in [-0.05, 0) is 11.4 Å². The van der Waals surface area contributed by atoms with Gasteiger partial charge in [-0.15, -0.1) is 34.4 Å². The van der Waals surface area contributed by atoms with Gasteiger partial charge in [-0.1, -0.05) is 6.07 Å². The van der Waals surface area contributed by atoms with E-state index in [-0.39, 0.29) is 0 Å². The topological polar surface area (TPSA) is 38.9 Å². The minimum atomic E-state index is 0.654. The minimum Gasteiger partial charge on any atom is -0.375 e. The first-order chi connectivity index (χ1) is 6.34. The van der Waals surface area contributed by atoms with E-state index in [1.54, 1.807) is 22.7 Å². The van der Waals surface area contributed by atoms with Gasteiger partial charge in [0, 0.05) is 16.8 Å². The SMILES string of the molecule is Nc1ncc(CSc2cccs2)s1. The van der Waals surface area contributed by atoms with Crippen LogP contribution in [-0.2, 0) is 5.75 Å². The molecule has 0 radical (unpaired) electrons. The van der Waals surface area contributed by atoms with Crippen molar-refractivity contribution in [1.82, 2.24) is 4.98 Å². The van der Waals surface area contributed by atoms with Crippen LogP contribution < -0.4 is 5.73 Å². The lowest BCUT2D eigenvalue weighted by Crippen LogP contribution is -1.77. The number of thiophene rings is 1. The number of aromatic nitrogens is 1. The van der Waals surface area contributed by atoms with E-state index >= 15 is 0 Å². The van der Waals surface area contributed by atoms with E-state index in [1.807, 2.05) is 18.0 Å². The molecule has 0 saturated heterocycles. The van der Waals surface area contributed by atoms with Crippen molar-refractivity contribution in [2.75, 3.05) is 5.73 Å². The average molecular weight is 228 g/mol. The van der Waals surface area contributed by atoms with Crippen molar-refractivity contribution in [1.29, 1.82) is 0 Å². The van der Waals surface area contributed by atoms with Crippen molar-refractivity contribution >= 4 is 39.6 Å². The fourth-order valence-electron chi connectivity index (χ4n) is 0.877. The van der Waals surface area contributed by atoms with E-state index in [0.29, 0.717) is 5.13 Å². The van der Waals surface area contributed by atoms with Gasteiger partial charge in [0.25, 0.3) is 0 Å². The van der Waals surface area contributed by atoms with E-state index in [9.17, 15) is 0 Å². The quantitative estimate of drug-likeness (QED) is 0.821. The highest BCUT2D eigenvalue weighted by Gasteiger charge is 2.00. The van der Waals surface area contributed by atoms with Gasteiger partial charge < -0.3 is 5.73 Å². The summed E-state index contributed by atoms with van der Waals surface area (Å²) in [7, 11) is 0. The Hall–Kier alpha value is -0.520. The van der Waals surface area contributed by atoms with Crippen LogP contribution in [0.4, 0.5) is 5.13 Å². The summed E-state index contributed by atoms with van der Waals surface area (Å²) in [6, 6.07) is 4.19. The number of nitrogens with zero attached hydrogens (tertiary/aromatic N) is 1. The predicted molar refractivity (Wildman–Crippen MR) is 60.4 cm³/mol. The van der Waals surface area contributed by atoms with Crippen molar-refractivity contribution in [2.24, 2.45) is 0 Å². The van der Waals surface area contributed by atoms with Crippen LogP contribution in [0.2, 0.25) is 0 Å². The molecule has 0 unspecified atom stereocenters. The highest BCUT2D eigenvalue weighted by Crippen LogP contribution is 2.29. The third kappa shape index (κ3) is 2.46. The molecular weight excluding hydrogens is 220 g/mol. The van der Waals surface area contributed by atoms with Crippen LogP contribution in [0, 0.1) is 0 Å². The summed E-state index contributed by atoms with van der Waals surface area (Å²) in [6.45, 7) is 0. The summed E-state index contributed by atoms with van der Waals surface area (Å²) in [5.41, 5.74) is 5.53. The summed E-state index contributed by atoms with van der Waals surface area (Å²) in [5, 5.41) is 2.74. The molecule has 0 aromatic carbocycles. The lowest BCUT2D eigenvalue weighted by molar-refractivity contribution is 1.37. The van der Waals surface area contributed by atoms with Gasteiger partial charge in [-0.2, -0.15) is 0 Å². The number of hydrogen-bond donors (Lipinski definition) is 1. The predicted octanol–water partition coefficient (Wildman–Crippen LogP) is 3.08. The van der Waals surface area contributed by atoms with Crippen LogP contribution in [0.1, 0.15) is 4.88 Å². The number of anilines is 1. The molecule has 0 bridgehead atoms. The van der Waals surface area contributed by atoms with E-state index < -0.39 is 0 Å². The Kier molecular flexibility index (Phi) is 2.87. The Morgan fingerprint density at radius 3 is 3.08 bits per heavy atom. The van der Waals surface area contributed by atoms with Gasteiger partial charge in [-0.25, -0.2) is 4.98 Å². The molecule has 13 heavy (non-hydrogen) atoms. The molecule has 0 amide bonds. The zero-order valence-corrected chi connectivity index (χ0v) is 9.22. The third-order valence-corrected chi connectivity index (χ3v) is 4.61. The van der Waals surface area contributed by atoms with E-state index in [1.165, 1.54) is 9.09 Å². The molecule has 0 saturated carbocycles. The number of nitrogens with two attached hydrogens (primary N) is 1. The second-order valence-corrected chi connectivity index (χ2v) is 5.76. The van der Waals surface area contributed by atoms with Gasteiger partial charge in [0.1, 0.15) is 0 Å². The van der Waals surface area contributed by atoms with Crippen LogP contribution in [0.3, 0.4) is 0 Å². The van der Waals surface area contributed by atoms with Crippen LogP contribution in [0.5, 0.6) is 0 Å². The highest BCUT2D eigenvalue weighted by atomic mass is 32.2. The lowest BCUT2D eigenvalue weighted by atomic mass is 10.6. The standard InChI is InChI=1S/C8H8N2S3/c9-8-10-4-6(13-8)5-12-7-2-1-3-11-7/h1-4H,5H2,(H2,9,10). The molecule has 2 nitrogen and oxygen atoms in total. The summed E-state index contributed by atoms with van der Waals surface area (Å²) >= 11 is 5.15. The minimum absolute atomic E-state index is 0.654. The first-order valence-electron chi connectivity index (χ1n) is 3.71. The molecule has 0 aliphatic carbocycles. The molecule has 2 N–H and O–H groups in total. The molecule has 0 atom stereocenters. The van der Waals surface area contributed by atoms with Crippen molar-refractivity contribution in [2.45, 2.75) is 9.96 Å². The Labute approximate surface area is 88.8 Å².